The van der Waals surface area contributed by atoms with E-state index in [0.717, 1.165) is 22.3 Å². The summed E-state index contributed by atoms with van der Waals surface area (Å²) in [5.74, 6) is -2.15. The van der Waals surface area contributed by atoms with Crippen molar-refractivity contribution in [1.82, 2.24) is 10.2 Å². The Morgan fingerprint density at radius 2 is 1.70 bits per heavy atom. The van der Waals surface area contributed by atoms with Crippen LogP contribution in [0, 0.1) is 5.92 Å². The number of carbonyl (C=O) groups excluding carboxylic acids is 2. The first-order valence-corrected chi connectivity index (χ1v) is 11.1. The Morgan fingerprint density at radius 1 is 1.09 bits per heavy atom. The lowest BCUT2D eigenvalue weighted by Gasteiger charge is -2.29. The van der Waals surface area contributed by atoms with Crippen molar-refractivity contribution in [3.05, 3.63) is 59.7 Å². The summed E-state index contributed by atoms with van der Waals surface area (Å²) in [7, 11) is 0. The number of ether oxygens (including phenoxy) is 2. The van der Waals surface area contributed by atoms with Crippen molar-refractivity contribution in [2.45, 2.75) is 31.8 Å². The second kappa shape index (κ2) is 9.62. The summed E-state index contributed by atoms with van der Waals surface area (Å²) in [6, 6.07) is 14.6. The second-order valence-corrected chi connectivity index (χ2v) is 8.36. The van der Waals surface area contributed by atoms with Gasteiger partial charge in [-0.15, -0.1) is 0 Å². The van der Waals surface area contributed by atoms with Crippen LogP contribution in [-0.4, -0.2) is 66.4 Å². The van der Waals surface area contributed by atoms with E-state index >= 15 is 0 Å². The van der Waals surface area contributed by atoms with Crippen molar-refractivity contribution in [2.24, 2.45) is 5.92 Å². The predicted octanol–water partition coefficient (Wildman–Crippen LogP) is 2.86. The van der Waals surface area contributed by atoms with Gasteiger partial charge in [-0.05, 0) is 36.1 Å². The Labute approximate surface area is 192 Å². The highest BCUT2D eigenvalue weighted by Crippen LogP contribution is 2.44. The number of amides is 2. The van der Waals surface area contributed by atoms with Crippen LogP contribution in [0.2, 0.25) is 0 Å². The first-order valence-electron chi connectivity index (χ1n) is 11.1. The molecule has 0 aromatic heterocycles. The molecule has 8 nitrogen and oxygen atoms in total. The molecule has 0 spiro atoms. The molecule has 174 valence electrons. The van der Waals surface area contributed by atoms with E-state index in [0.29, 0.717) is 0 Å². The molecule has 2 aromatic rings. The molecule has 0 saturated carbocycles. The van der Waals surface area contributed by atoms with Gasteiger partial charge in [0, 0.05) is 12.5 Å². The fraction of sp³-hybridized carbons (Fsp3) is 0.400. The molecule has 1 heterocycles. The largest absolute Gasteiger partial charge is 0.480 e. The Bertz CT molecular complexity index is 1010. The van der Waals surface area contributed by atoms with Gasteiger partial charge in [0.15, 0.2) is 0 Å². The van der Waals surface area contributed by atoms with Gasteiger partial charge in [0.25, 0.3) is 0 Å². The number of alkyl carbamates (subject to hydrolysis) is 1. The normalized spacial score (nSPS) is 19.9. The minimum atomic E-state index is -1.08. The van der Waals surface area contributed by atoms with Gasteiger partial charge in [0.1, 0.15) is 12.6 Å². The van der Waals surface area contributed by atoms with Crippen LogP contribution in [-0.2, 0) is 19.1 Å². The van der Waals surface area contributed by atoms with E-state index < -0.39 is 30.1 Å². The third kappa shape index (κ3) is 4.43. The summed E-state index contributed by atoms with van der Waals surface area (Å²) < 4.78 is 11.0. The number of nitrogens with zero attached hydrogens (tertiary/aromatic N) is 1. The van der Waals surface area contributed by atoms with Gasteiger partial charge in [-0.3, -0.25) is 4.79 Å². The number of carboxylic acid groups (broad SMARTS) is 1. The molecular formula is C25H28N2O6. The highest BCUT2D eigenvalue weighted by Gasteiger charge is 2.40. The molecule has 1 saturated heterocycles. The summed E-state index contributed by atoms with van der Waals surface area (Å²) in [4.78, 5) is 38.2. The topological polar surface area (TPSA) is 105 Å². The van der Waals surface area contributed by atoms with Crippen LogP contribution in [0.15, 0.2) is 48.5 Å². The van der Waals surface area contributed by atoms with Crippen molar-refractivity contribution in [2.75, 3.05) is 26.4 Å². The number of hydrogen-bond acceptors (Lipinski definition) is 5. The van der Waals surface area contributed by atoms with Crippen LogP contribution in [0.3, 0.4) is 0 Å². The van der Waals surface area contributed by atoms with Gasteiger partial charge in [-0.25, -0.2) is 9.59 Å². The standard InChI is InChI=1S/C25H28N2O6/c1-3-27(15(2)24(29)30)23(28)21-12-32-14-22(21)26-25(31)33-13-20-18-10-6-4-8-16(18)17-9-5-7-11-19(17)20/h4-11,15,20-22H,3,12-14H2,1-2H3,(H,26,31)(H,29,30). The molecule has 1 fully saturated rings. The van der Waals surface area contributed by atoms with Gasteiger partial charge in [-0.2, -0.15) is 0 Å². The lowest BCUT2D eigenvalue weighted by Crippen LogP contribution is -2.51. The van der Waals surface area contributed by atoms with E-state index in [2.05, 4.69) is 17.4 Å². The van der Waals surface area contributed by atoms with E-state index in [1.54, 1.807) is 6.92 Å². The number of carboxylic acids is 1. The Morgan fingerprint density at radius 3 is 2.27 bits per heavy atom. The predicted molar refractivity (Wildman–Crippen MR) is 121 cm³/mol. The molecule has 2 N–H and O–H groups in total. The highest BCUT2D eigenvalue weighted by molar-refractivity contribution is 5.86. The molecule has 2 aliphatic rings. The van der Waals surface area contributed by atoms with Gasteiger partial charge in [0.05, 0.1) is 25.2 Å². The number of benzene rings is 2. The Kier molecular flexibility index (Phi) is 6.65. The summed E-state index contributed by atoms with van der Waals surface area (Å²) in [6.45, 7) is 3.90. The van der Waals surface area contributed by atoms with Crippen molar-refractivity contribution in [1.29, 1.82) is 0 Å². The number of aliphatic carboxylic acids is 1. The number of nitrogens with one attached hydrogen (secondary N) is 1. The zero-order valence-corrected chi connectivity index (χ0v) is 18.7. The first-order chi connectivity index (χ1) is 15.9. The Hall–Kier alpha value is -3.39. The smallest absolute Gasteiger partial charge is 0.407 e. The average Bonchev–Trinajstić information content (AvgIpc) is 3.40. The van der Waals surface area contributed by atoms with Gasteiger partial charge in [-0.1, -0.05) is 48.5 Å². The molecule has 4 rings (SSSR count). The molecule has 1 aliphatic heterocycles. The number of likely N-dealkylation sites (N-methyl/N-ethyl adjacent to an activating group) is 1. The third-order valence-corrected chi connectivity index (χ3v) is 6.49. The minimum absolute atomic E-state index is 0.0626. The third-order valence-electron chi connectivity index (χ3n) is 6.49. The fourth-order valence-corrected chi connectivity index (χ4v) is 4.70. The maximum absolute atomic E-state index is 12.9. The van der Waals surface area contributed by atoms with Gasteiger partial charge in [0.2, 0.25) is 5.91 Å². The summed E-state index contributed by atoms with van der Waals surface area (Å²) in [6.07, 6.45) is -0.625. The molecule has 3 atom stereocenters. The maximum Gasteiger partial charge on any atom is 0.407 e. The van der Waals surface area contributed by atoms with Gasteiger partial charge >= 0.3 is 12.1 Å². The van der Waals surface area contributed by atoms with Crippen molar-refractivity contribution in [3.8, 4) is 11.1 Å². The quantitative estimate of drug-likeness (QED) is 0.669. The first kappa shape index (κ1) is 22.8. The molecule has 8 heteroatoms. The monoisotopic (exact) mass is 452 g/mol. The summed E-state index contributed by atoms with van der Waals surface area (Å²) in [5.41, 5.74) is 4.52. The number of carbonyl (C=O) groups is 3. The van der Waals surface area contributed by atoms with E-state index in [4.69, 9.17) is 9.47 Å². The Balaban J connectivity index is 1.40. The summed E-state index contributed by atoms with van der Waals surface area (Å²) >= 11 is 0. The molecule has 2 amide bonds. The molecular weight excluding hydrogens is 424 g/mol. The van der Waals surface area contributed by atoms with Crippen LogP contribution in [0.1, 0.15) is 30.9 Å². The van der Waals surface area contributed by atoms with E-state index in [1.165, 1.54) is 11.8 Å². The van der Waals surface area contributed by atoms with Crippen molar-refractivity contribution < 1.29 is 29.0 Å². The highest BCUT2D eigenvalue weighted by atomic mass is 16.5. The van der Waals surface area contributed by atoms with Crippen LogP contribution in [0.5, 0.6) is 0 Å². The van der Waals surface area contributed by atoms with Crippen molar-refractivity contribution >= 4 is 18.0 Å². The SMILES string of the molecule is CCN(C(=O)C1COCC1NC(=O)OCC1c2ccccc2-c2ccccc21)C(C)C(=O)O. The van der Waals surface area contributed by atoms with Crippen molar-refractivity contribution in [3.63, 3.8) is 0 Å². The van der Waals surface area contributed by atoms with Crippen LogP contribution < -0.4 is 5.32 Å². The zero-order valence-electron chi connectivity index (χ0n) is 18.7. The zero-order chi connectivity index (χ0) is 23.5. The fourth-order valence-electron chi connectivity index (χ4n) is 4.70. The van der Waals surface area contributed by atoms with E-state index in [1.807, 2.05) is 36.4 Å². The molecule has 0 bridgehead atoms. The van der Waals surface area contributed by atoms with E-state index in [-0.39, 0.29) is 38.2 Å². The molecule has 2 aromatic carbocycles. The molecule has 33 heavy (non-hydrogen) atoms. The molecule has 3 unspecified atom stereocenters. The summed E-state index contributed by atoms with van der Waals surface area (Å²) in [5, 5.41) is 12.0. The average molecular weight is 453 g/mol. The molecule has 1 aliphatic carbocycles. The van der Waals surface area contributed by atoms with Crippen LogP contribution in [0.25, 0.3) is 11.1 Å². The van der Waals surface area contributed by atoms with Crippen LogP contribution in [0.4, 0.5) is 4.79 Å². The second-order valence-electron chi connectivity index (χ2n) is 8.36. The maximum atomic E-state index is 12.9. The molecule has 0 radical (unpaired) electrons. The van der Waals surface area contributed by atoms with Crippen LogP contribution >= 0.6 is 0 Å². The minimum Gasteiger partial charge on any atom is -0.480 e. The lowest BCUT2D eigenvalue weighted by atomic mass is 9.98. The van der Waals surface area contributed by atoms with Gasteiger partial charge < -0.3 is 24.8 Å². The lowest BCUT2D eigenvalue weighted by molar-refractivity contribution is -0.151. The van der Waals surface area contributed by atoms with E-state index in [9.17, 15) is 19.5 Å². The number of rotatable bonds is 7. The number of fused-ring (bicyclic) bond motifs is 3. The number of hydrogen-bond donors (Lipinski definition) is 2.